The van der Waals surface area contributed by atoms with Crippen LogP contribution in [0.25, 0.3) is 0 Å². The van der Waals surface area contributed by atoms with Gasteiger partial charge < -0.3 is 14.2 Å². The predicted molar refractivity (Wildman–Crippen MR) is 163 cm³/mol. The van der Waals surface area contributed by atoms with E-state index in [2.05, 4.69) is 15.3 Å². The van der Waals surface area contributed by atoms with Gasteiger partial charge >= 0.3 is 11.9 Å². The molecule has 1 fully saturated rings. The third-order valence-corrected chi connectivity index (χ3v) is 7.66. The number of rotatable bonds is 11. The summed E-state index contributed by atoms with van der Waals surface area (Å²) in [4.78, 5) is 38.7. The molecule has 0 radical (unpaired) electrons. The molecule has 10 nitrogen and oxygen atoms in total. The first kappa shape index (κ1) is 31.4. The maximum absolute atomic E-state index is 13.3. The van der Waals surface area contributed by atoms with E-state index in [4.69, 9.17) is 49.0 Å². The number of hydrogen-bond donors (Lipinski definition) is 0. The number of ketones is 1. The molecule has 1 saturated carbocycles. The highest BCUT2D eigenvalue weighted by atomic mass is 35.5. The fourth-order valence-electron chi connectivity index (χ4n) is 4.65. The molecule has 1 aliphatic carbocycles. The third kappa shape index (κ3) is 7.20. The highest BCUT2D eigenvalue weighted by molar-refractivity contribution is 6.37. The van der Waals surface area contributed by atoms with Crippen molar-refractivity contribution in [1.29, 1.82) is 0 Å². The van der Waals surface area contributed by atoms with Crippen molar-refractivity contribution in [2.24, 2.45) is 7.05 Å². The molecular weight excluding hydrogens is 631 g/mol. The molecule has 0 amide bonds. The first-order chi connectivity index (χ1) is 21.0. The normalized spacial score (nSPS) is 12.6. The van der Waals surface area contributed by atoms with Gasteiger partial charge in [0.2, 0.25) is 11.7 Å². The number of carbonyl (C=O) groups is 3. The second-order valence-electron chi connectivity index (χ2n) is 10.4. The Bertz CT molecular complexity index is 1770. The van der Waals surface area contributed by atoms with Gasteiger partial charge in [-0.3, -0.25) is 14.4 Å². The Labute approximate surface area is 268 Å². The summed E-state index contributed by atoms with van der Waals surface area (Å²) in [7, 11) is 1.55. The van der Waals surface area contributed by atoms with Crippen LogP contribution in [0, 0.1) is 13.8 Å². The van der Waals surface area contributed by atoms with Crippen LogP contribution in [0.5, 0.6) is 23.3 Å². The van der Waals surface area contributed by atoms with E-state index in [-0.39, 0.29) is 58.1 Å². The summed E-state index contributed by atoms with van der Waals surface area (Å²) >= 11 is 18.2. The van der Waals surface area contributed by atoms with E-state index in [0.717, 1.165) is 24.0 Å². The molecule has 0 bridgehead atoms. The molecule has 2 heterocycles. The van der Waals surface area contributed by atoms with Crippen molar-refractivity contribution >= 4 is 52.5 Å². The van der Waals surface area contributed by atoms with Crippen LogP contribution in [-0.2, 0) is 16.6 Å². The van der Waals surface area contributed by atoms with Gasteiger partial charge in [0.15, 0.2) is 10.9 Å². The van der Waals surface area contributed by atoms with Gasteiger partial charge in [-0.05, 0) is 68.4 Å². The van der Waals surface area contributed by atoms with E-state index in [0.29, 0.717) is 22.4 Å². The summed E-state index contributed by atoms with van der Waals surface area (Å²) in [5, 5.41) is 12.6. The van der Waals surface area contributed by atoms with Crippen LogP contribution in [0.15, 0.2) is 42.5 Å². The van der Waals surface area contributed by atoms with Gasteiger partial charge in [-0.15, -0.1) is 10.2 Å². The smallest absolute Gasteiger partial charge is 0.312 e. The second-order valence-corrected chi connectivity index (χ2v) is 11.6. The standard InChI is InChI=1S/C31H27Cl3N4O6/c1-16-6-4-7-20(18-10-11-18)29(16)44-30-23(15-24(34)35-36-30)42-25(39)8-5-9-26(40)43-31-27(17(2)37-38(31)3)28(41)21-13-12-19(32)14-22(21)33/h4,6-7,12-15,18H,5,8-11H2,1-3H3. The molecule has 4 aromatic rings. The Balaban J connectivity index is 1.21. The Morgan fingerprint density at radius 3 is 2.39 bits per heavy atom. The van der Waals surface area contributed by atoms with Crippen molar-refractivity contribution < 1.29 is 28.6 Å². The quantitative estimate of drug-likeness (QED) is 0.120. The number of hydrogen-bond acceptors (Lipinski definition) is 9. The van der Waals surface area contributed by atoms with E-state index in [1.165, 1.54) is 28.9 Å². The number of para-hydroxylation sites is 1. The Morgan fingerprint density at radius 1 is 0.955 bits per heavy atom. The number of ether oxygens (including phenoxy) is 3. The van der Waals surface area contributed by atoms with Crippen molar-refractivity contribution in [1.82, 2.24) is 20.0 Å². The molecule has 1 aliphatic rings. The van der Waals surface area contributed by atoms with Crippen molar-refractivity contribution in [3.05, 3.63) is 85.6 Å². The molecule has 44 heavy (non-hydrogen) atoms. The minimum atomic E-state index is -0.665. The lowest BCUT2D eigenvalue weighted by Gasteiger charge is -2.14. The zero-order chi connectivity index (χ0) is 31.5. The number of halogens is 3. The summed E-state index contributed by atoms with van der Waals surface area (Å²) in [6, 6.07) is 11.7. The van der Waals surface area contributed by atoms with E-state index in [1.807, 2.05) is 25.1 Å². The lowest BCUT2D eigenvalue weighted by molar-refractivity contribution is -0.136. The van der Waals surface area contributed by atoms with E-state index in [1.54, 1.807) is 14.0 Å². The number of nitrogens with zero attached hydrogens (tertiary/aromatic N) is 4. The summed E-state index contributed by atoms with van der Waals surface area (Å²) in [5.41, 5.74) is 2.60. The molecule has 0 aliphatic heterocycles. The zero-order valence-corrected chi connectivity index (χ0v) is 26.3. The Hall–Kier alpha value is -3.99. The average Bonchev–Trinajstić information content (AvgIpc) is 3.76. The van der Waals surface area contributed by atoms with Gasteiger partial charge in [-0.2, -0.15) is 5.10 Å². The SMILES string of the molecule is Cc1cccc(C2CC2)c1Oc1nnc(Cl)cc1OC(=O)CCCC(=O)Oc1c(C(=O)c2ccc(Cl)cc2Cl)c(C)nn1C. The number of carbonyl (C=O) groups excluding carboxylic acids is 3. The molecule has 0 saturated heterocycles. The van der Waals surface area contributed by atoms with E-state index >= 15 is 0 Å². The Kier molecular flexibility index (Phi) is 9.53. The lowest BCUT2D eigenvalue weighted by atomic mass is 10.0. The first-order valence-corrected chi connectivity index (χ1v) is 14.9. The van der Waals surface area contributed by atoms with Gasteiger partial charge in [0, 0.05) is 36.5 Å². The van der Waals surface area contributed by atoms with Crippen LogP contribution < -0.4 is 14.2 Å². The highest BCUT2D eigenvalue weighted by Crippen LogP contribution is 2.47. The number of aryl methyl sites for hydroxylation is 3. The van der Waals surface area contributed by atoms with Gasteiger partial charge in [-0.1, -0.05) is 53.0 Å². The summed E-state index contributed by atoms with van der Waals surface area (Å²) < 4.78 is 18.4. The number of benzene rings is 2. The molecule has 2 aromatic carbocycles. The molecule has 0 N–H and O–H groups in total. The Morgan fingerprint density at radius 2 is 1.68 bits per heavy atom. The fourth-order valence-corrected chi connectivity index (χ4v) is 5.28. The average molecular weight is 658 g/mol. The van der Waals surface area contributed by atoms with Gasteiger partial charge in [-0.25, -0.2) is 4.68 Å². The van der Waals surface area contributed by atoms with Crippen LogP contribution in [-0.4, -0.2) is 37.7 Å². The zero-order valence-electron chi connectivity index (χ0n) is 24.0. The summed E-state index contributed by atoms with van der Waals surface area (Å²) in [6.07, 6.45) is 1.99. The topological polar surface area (TPSA) is 122 Å². The predicted octanol–water partition coefficient (Wildman–Crippen LogP) is 7.37. The number of esters is 2. The van der Waals surface area contributed by atoms with Gasteiger partial charge in [0.25, 0.3) is 5.88 Å². The van der Waals surface area contributed by atoms with Crippen molar-refractivity contribution in [3.63, 3.8) is 0 Å². The molecule has 2 aromatic heterocycles. The van der Waals surface area contributed by atoms with Crippen LogP contribution >= 0.6 is 34.8 Å². The third-order valence-electron chi connectivity index (χ3n) is 6.92. The number of aromatic nitrogens is 4. The monoisotopic (exact) mass is 656 g/mol. The van der Waals surface area contributed by atoms with Crippen LogP contribution in [0.3, 0.4) is 0 Å². The van der Waals surface area contributed by atoms with E-state index in [9.17, 15) is 14.4 Å². The fraction of sp³-hybridized carbons (Fsp3) is 0.290. The molecule has 5 rings (SSSR count). The molecule has 0 atom stereocenters. The highest BCUT2D eigenvalue weighted by Gasteiger charge is 2.29. The van der Waals surface area contributed by atoms with Crippen LogP contribution in [0.4, 0.5) is 0 Å². The minimum Gasteiger partial charge on any atom is -0.434 e. The minimum absolute atomic E-state index is 0.00271. The maximum atomic E-state index is 13.3. The maximum Gasteiger partial charge on any atom is 0.312 e. The molecule has 13 heteroatoms. The largest absolute Gasteiger partial charge is 0.434 e. The first-order valence-electron chi connectivity index (χ1n) is 13.8. The molecule has 0 unspecified atom stereocenters. The van der Waals surface area contributed by atoms with Gasteiger partial charge in [0.1, 0.15) is 11.3 Å². The van der Waals surface area contributed by atoms with Crippen molar-refractivity contribution in [2.45, 2.75) is 51.9 Å². The second kappa shape index (κ2) is 13.3. The molecular formula is C31H27Cl3N4O6. The lowest BCUT2D eigenvalue weighted by Crippen LogP contribution is -2.15. The van der Waals surface area contributed by atoms with Crippen molar-refractivity contribution in [2.75, 3.05) is 0 Å². The van der Waals surface area contributed by atoms with Crippen LogP contribution in [0.1, 0.15) is 70.8 Å². The van der Waals surface area contributed by atoms with Crippen molar-refractivity contribution in [3.8, 4) is 23.3 Å². The van der Waals surface area contributed by atoms with Gasteiger partial charge in [0.05, 0.1) is 10.7 Å². The van der Waals surface area contributed by atoms with Crippen LogP contribution in [0.2, 0.25) is 15.2 Å². The summed E-state index contributed by atoms with van der Waals surface area (Å²) in [6.45, 7) is 3.54. The van der Waals surface area contributed by atoms with E-state index < -0.39 is 17.7 Å². The summed E-state index contributed by atoms with van der Waals surface area (Å²) in [5.74, 6) is -0.734. The molecule has 0 spiro atoms. The molecule has 228 valence electrons.